The van der Waals surface area contributed by atoms with Crippen molar-refractivity contribution >= 4 is 40.1 Å². The van der Waals surface area contributed by atoms with Crippen molar-refractivity contribution in [2.75, 3.05) is 16.4 Å². The van der Waals surface area contributed by atoms with Gasteiger partial charge >= 0.3 is 0 Å². The first-order chi connectivity index (χ1) is 8.58. The molecule has 0 bridgehead atoms. The van der Waals surface area contributed by atoms with Crippen LogP contribution in [0, 0.1) is 12.8 Å². The molecule has 5 heteroatoms. The van der Waals surface area contributed by atoms with Gasteiger partial charge < -0.3 is 4.74 Å². The van der Waals surface area contributed by atoms with Gasteiger partial charge in [-0.25, -0.2) is 4.90 Å². The molecule has 0 aromatic heterocycles. The number of alkyl halides is 1. The number of hydrogen-bond donors (Lipinski definition) is 0. The standard InChI is InChI=1S/C13H14INO3/c1-8-3-4-11(18-2)10(5-8)15-12(16)6-9(7-14)13(15)17/h3-5,9H,6-7H2,1-2H3. The second-order valence-corrected chi connectivity index (χ2v) is 5.18. The maximum atomic E-state index is 12.2. The SMILES string of the molecule is COc1ccc(C)cc1N1C(=O)CC(CI)C1=O. The Bertz CT molecular complexity index is 501. The Hall–Kier alpha value is -1.11. The number of aryl methyl sites for hydroxylation is 1. The Morgan fingerprint density at radius 1 is 1.44 bits per heavy atom. The van der Waals surface area contributed by atoms with E-state index in [4.69, 9.17) is 4.74 Å². The van der Waals surface area contributed by atoms with Gasteiger partial charge in [0.05, 0.1) is 18.7 Å². The molecule has 0 aliphatic carbocycles. The van der Waals surface area contributed by atoms with Crippen molar-refractivity contribution in [3.63, 3.8) is 0 Å². The number of methoxy groups -OCH3 is 1. The number of amides is 2. The van der Waals surface area contributed by atoms with E-state index >= 15 is 0 Å². The molecule has 18 heavy (non-hydrogen) atoms. The number of ether oxygens (including phenoxy) is 1. The lowest BCUT2D eigenvalue weighted by Gasteiger charge is -2.18. The van der Waals surface area contributed by atoms with E-state index in [0.717, 1.165) is 5.56 Å². The zero-order valence-corrected chi connectivity index (χ0v) is 12.4. The van der Waals surface area contributed by atoms with Gasteiger partial charge in [0.15, 0.2) is 0 Å². The summed E-state index contributed by atoms with van der Waals surface area (Å²) >= 11 is 2.14. The summed E-state index contributed by atoms with van der Waals surface area (Å²) in [4.78, 5) is 25.4. The van der Waals surface area contributed by atoms with Gasteiger partial charge in [0.2, 0.25) is 11.8 Å². The van der Waals surface area contributed by atoms with Crippen LogP contribution in [0.15, 0.2) is 18.2 Å². The summed E-state index contributed by atoms with van der Waals surface area (Å²) in [6.45, 7) is 1.92. The van der Waals surface area contributed by atoms with Gasteiger partial charge in [-0.05, 0) is 24.6 Å². The number of imide groups is 1. The molecule has 96 valence electrons. The van der Waals surface area contributed by atoms with Crippen molar-refractivity contribution in [2.24, 2.45) is 5.92 Å². The zero-order chi connectivity index (χ0) is 13.3. The fraction of sp³-hybridized carbons (Fsp3) is 0.385. The normalized spacial score (nSPS) is 19.5. The lowest BCUT2D eigenvalue weighted by molar-refractivity contribution is -0.122. The van der Waals surface area contributed by atoms with Crippen LogP contribution >= 0.6 is 22.6 Å². The summed E-state index contributed by atoms with van der Waals surface area (Å²) in [5.41, 5.74) is 1.55. The Kier molecular flexibility index (Phi) is 3.89. The van der Waals surface area contributed by atoms with Crippen LogP contribution in [-0.2, 0) is 9.59 Å². The highest BCUT2D eigenvalue weighted by Crippen LogP contribution is 2.35. The number of halogens is 1. The second-order valence-electron chi connectivity index (χ2n) is 4.30. The molecule has 1 aliphatic heterocycles. The van der Waals surface area contributed by atoms with E-state index in [9.17, 15) is 9.59 Å². The lowest BCUT2D eigenvalue weighted by Crippen LogP contribution is -2.31. The molecule has 1 aromatic carbocycles. The van der Waals surface area contributed by atoms with Crippen molar-refractivity contribution in [1.29, 1.82) is 0 Å². The van der Waals surface area contributed by atoms with Crippen molar-refractivity contribution in [1.82, 2.24) is 0 Å². The predicted molar refractivity (Wildman–Crippen MR) is 77.2 cm³/mol. The third kappa shape index (κ3) is 2.23. The van der Waals surface area contributed by atoms with Crippen molar-refractivity contribution in [3.05, 3.63) is 23.8 Å². The zero-order valence-electron chi connectivity index (χ0n) is 10.3. The summed E-state index contributed by atoms with van der Waals surface area (Å²) in [6, 6.07) is 5.48. The molecular weight excluding hydrogens is 345 g/mol. The molecule has 1 saturated heterocycles. The third-order valence-corrected chi connectivity index (χ3v) is 4.06. The van der Waals surface area contributed by atoms with Gasteiger partial charge in [0.25, 0.3) is 0 Å². The topological polar surface area (TPSA) is 46.6 Å². The van der Waals surface area contributed by atoms with Crippen molar-refractivity contribution in [2.45, 2.75) is 13.3 Å². The molecule has 2 rings (SSSR count). The summed E-state index contributed by atoms with van der Waals surface area (Å²) in [7, 11) is 1.54. The molecular formula is C13H14INO3. The minimum atomic E-state index is -0.205. The average Bonchev–Trinajstić information content (AvgIpc) is 2.64. The third-order valence-electron chi connectivity index (χ3n) is 3.00. The van der Waals surface area contributed by atoms with Gasteiger partial charge in [-0.2, -0.15) is 0 Å². The summed E-state index contributed by atoms with van der Waals surface area (Å²) in [5.74, 6) is 0.0728. The highest BCUT2D eigenvalue weighted by atomic mass is 127. The van der Waals surface area contributed by atoms with E-state index in [-0.39, 0.29) is 17.7 Å². The van der Waals surface area contributed by atoms with Gasteiger partial charge in [-0.3, -0.25) is 9.59 Å². The number of carbonyl (C=O) groups excluding carboxylic acids is 2. The van der Waals surface area contributed by atoms with Crippen molar-refractivity contribution < 1.29 is 14.3 Å². The molecule has 1 unspecified atom stereocenters. The minimum Gasteiger partial charge on any atom is -0.495 e. The molecule has 0 saturated carbocycles. The van der Waals surface area contributed by atoms with Gasteiger partial charge in [-0.1, -0.05) is 28.7 Å². The monoisotopic (exact) mass is 359 g/mol. The van der Waals surface area contributed by atoms with Gasteiger partial charge in [-0.15, -0.1) is 0 Å². The molecule has 1 heterocycles. The van der Waals surface area contributed by atoms with E-state index in [1.54, 1.807) is 6.07 Å². The van der Waals surface area contributed by atoms with Crippen LogP contribution in [0.1, 0.15) is 12.0 Å². The van der Waals surface area contributed by atoms with Crippen LogP contribution in [-0.4, -0.2) is 23.4 Å². The maximum absolute atomic E-state index is 12.2. The summed E-state index contributed by atoms with van der Waals surface area (Å²) < 4.78 is 5.89. The largest absolute Gasteiger partial charge is 0.495 e. The van der Waals surface area contributed by atoms with Crippen molar-refractivity contribution in [3.8, 4) is 5.75 Å². The maximum Gasteiger partial charge on any atom is 0.238 e. The van der Waals surface area contributed by atoms with E-state index < -0.39 is 0 Å². The molecule has 1 aliphatic rings. The summed E-state index contributed by atoms with van der Waals surface area (Å²) in [6.07, 6.45) is 0.291. The van der Waals surface area contributed by atoms with Crippen LogP contribution in [0.4, 0.5) is 5.69 Å². The van der Waals surface area contributed by atoms with Gasteiger partial charge in [0, 0.05) is 10.8 Å². The molecule has 0 N–H and O–H groups in total. The van der Waals surface area contributed by atoms with Crippen LogP contribution in [0.25, 0.3) is 0 Å². The van der Waals surface area contributed by atoms with Crippen LogP contribution < -0.4 is 9.64 Å². The Balaban J connectivity index is 2.45. The Morgan fingerprint density at radius 2 is 2.17 bits per heavy atom. The molecule has 0 spiro atoms. The van der Waals surface area contributed by atoms with Crippen LogP contribution in [0.5, 0.6) is 5.75 Å². The number of nitrogens with zero attached hydrogens (tertiary/aromatic N) is 1. The number of anilines is 1. The first kappa shape index (κ1) is 13.3. The minimum absolute atomic E-state index is 0.127. The molecule has 4 nitrogen and oxygen atoms in total. The Labute approximate surface area is 119 Å². The highest BCUT2D eigenvalue weighted by Gasteiger charge is 2.39. The average molecular weight is 359 g/mol. The number of hydrogen-bond acceptors (Lipinski definition) is 3. The second kappa shape index (κ2) is 5.26. The fourth-order valence-electron chi connectivity index (χ4n) is 2.04. The van der Waals surface area contributed by atoms with Crippen LogP contribution in [0.3, 0.4) is 0 Å². The quantitative estimate of drug-likeness (QED) is 0.473. The van der Waals surface area contributed by atoms with E-state index in [1.165, 1.54) is 12.0 Å². The summed E-state index contributed by atoms with van der Waals surface area (Å²) in [5, 5.41) is 0. The predicted octanol–water partition coefficient (Wildman–Crippen LogP) is 2.32. The van der Waals surface area contributed by atoms with E-state index in [2.05, 4.69) is 22.6 Å². The highest BCUT2D eigenvalue weighted by molar-refractivity contribution is 14.1. The fourth-order valence-corrected chi connectivity index (χ4v) is 2.73. The molecule has 0 radical (unpaired) electrons. The first-order valence-electron chi connectivity index (χ1n) is 5.66. The number of rotatable bonds is 3. The smallest absolute Gasteiger partial charge is 0.238 e. The molecule has 1 atom stereocenters. The number of carbonyl (C=O) groups is 2. The molecule has 2 amide bonds. The first-order valence-corrected chi connectivity index (χ1v) is 7.18. The number of benzene rings is 1. The molecule has 1 aromatic rings. The Morgan fingerprint density at radius 3 is 2.72 bits per heavy atom. The van der Waals surface area contributed by atoms with Gasteiger partial charge in [0.1, 0.15) is 5.75 Å². The van der Waals surface area contributed by atoms with E-state index in [1.807, 2.05) is 19.1 Å². The van der Waals surface area contributed by atoms with E-state index in [0.29, 0.717) is 22.3 Å². The lowest BCUT2D eigenvalue weighted by atomic mass is 10.1. The molecule has 1 fully saturated rings. The van der Waals surface area contributed by atoms with Crippen LogP contribution in [0.2, 0.25) is 0 Å².